The molecular weight excluding hydrogens is 190 g/mol. The van der Waals surface area contributed by atoms with Crippen LogP contribution in [0, 0.1) is 0 Å². The van der Waals surface area contributed by atoms with Crippen molar-refractivity contribution in [1.82, 2.24) is 4.98 Å². The zero-order valence-corrected chi connectivity index (χ0v) is 9.69. The molecule has 0 aliphatic rings. The van der Waals surface area contributed by atoms with Gasteiger partial charge >= 0.3 is 0 Å². The molecule has 0 N–H and O–H groups in total. The first kappa shape index (κ1) is 12.1. The molecule has 1 rings (SSSR count). The Morgan fingerprint density at radius 2 is 2.20 bits per heavy atom. The molecule has 3 heteroatoms. The Morgan fingerprint density at radius 1 is 1.40 bits per heavy atom. The minimum Gasteiger partial charge on any atom is -0.359 e. The SMILES string of the molecule is CCCc1ccc(C(C)OCOC)cn1. The Bertz CT molecular complexity index is 271. The third kappa shape index (κ3) is 3.98. The van der Waals surface area contributed by atoms with Crippen LogP contribution in [0.15, 0.2) is 18.3 Å². The molecule has 1 unspecified atom stereocenters. The number of nitrogens with zero attached hydrogens (tertiary/aromatic N) is 1. The lowest BCUT2D eigenvalue weighted by atomic mass is 10.1. The summed E-state index contributed by atoms with van der Waals surface area (Å²) in [5.41, 5.74) is 2.23. The van der Waals surface area contributed by atoms with Gasteiger partial charge in [0, 0.05) is 19.0 Å². The van der Waals surface area contributed by atoms with Crippen LogP contribution >= 0.6 is 0 Å². The molecule has 0 aliphatic carbocycles. The first-order chi connectivity index (χ1) is 7.27. The molecular formula is C12H19NO2. The van der Waals surface area contributed by atoms with Crippen molar-refractivity contribution in [3.8, 4) is 0 Å². The van der Waals surface area contributed by atoms with Gasteiger partial charge in [-0.25, -0.2) is 0 Å². The lowest BCUT2D eigenvalue weighted by molar-refractivity contribution is -0.0667. The summed E-state index contributed by atoms with van der Waals surface area (Å²) in [6.45, 7) is 4.47. The highest BCUT2D eigenvalue weighted by atomic mass is 16.7. The van der Waals surface area contributed by atoms with Gasteiger partial charge in [0.15, 0.2) is 0 Å². The van der Waals surface area contributed by atoms with Crippen molar-refractivity contribution in [2.24, 2.45) is 0 Å². The number of methoxy groups -OCH3 is 1. The van der Waals surface area contributed by atoms with Crippen molar-refractivity contribution >= 4 is 0 Å². The number of hydrogen-bond donors (Lipinski definition) is 0. The zero-order valence-electron chi connectivity index (χ0n) is 9.69. The monoisotopic (exact) mass is 209 g/mol. The van der Waals surface area contributed by atoms with Crippen molar-refractivity contribution in [1.29, 1.82) is 0 Å². The Kier molecular flexibility index (Phi) is 5.29. The fourth-order valence-corrected chi connectivity index (χ4v) is 1.35. The zero-order chi connectivity index (χ0) is 11.1. The highest BCUT2D eigenvalue weighted by Gasteiger charge is 2.05. The van der Waals surface area contributed by atoms with Crippen molar-refractivity contribution < 1.29 is 9.47 Å². The number of aryl methyl sites for hydroxylation is 1. The second-order valence-corrected chi connectivity index (χ2v) is 3.55. The van der Waals surface area contributed by atoms with Crippen molar-refractivity contribution in [3.05, 3.63) is 29.6 Å². The van der Waals surface area contributed by atoms with E-state index in [4.69, 9.17) is 9.47 Å². The molecule has 0 bridgehead atoms. The third-order valence-corrected chi connectivity index (χ3v) is 2.26. The highest BCUT2D eigenvalue weighted by Crippen LogP contribution is 2.15. The van der Waals surface area contributed by atoms with E-state index in [0.717, 1.165) is 24.1 Å². The smallest absolute Gasteiger partial charge is 0.147 e. The summed E-state index contributed by atoms with van der Waals surface area (Å²) in [5.74, 6) is 0. The summed E-state index contributed by atoms with van der Waals surface area (Å²) < 4.78 is 10.3. The van der Waals surface area contributed by atoms with Crippen LogP contribution in [0.3, 0.4) is 0 Å². The second kappa shape index (κ2) is 6.53. The molecule has 0 radical (unpaired) electrons. The minimum absolute atomic E-state index is 0.0353. The Hall–Kier alpha value is -0.930. The van der Waals surface area contributed by atoms with E-state index in [1.54, 1.807) is 7.11 Å². The largest absolute Gasteiger partial charge is 0.359 e. The van der Waals surface area contributed by atoms with E-state index in [0.29, 0.717) is 6.79 Å². The summed E-state index contributed by atoms with van der Waals surface area (Å²) in [6, 6.07) is 4.13. The average Bonchev–Trinajstić information content (AvgIpc) is 2.27. The van der Waals surface area contributed by atoms with E-state index < -0.39 is 0 Å². The molecule has 1 aromatic rings. The van der Waals surface area contributed by atoms with Gasteiger partial charge in [0.1, 0.15) is 6.79 Å². The topological polar surface area (TPSA) is 31.4 Å². The van der Waals surface area contributed by atoms with Crippen LogP contribution in [0.4, 0.5) is 0 Å². The summed E-state index contributed by atoms with van der Waals surface area (Å²) in [6.07, 6.45) is 4.08. The van der Waals surface area contributed by atoms with Crippen LogP contribution in [0.5, 0.6) is 0 Å². The molecule has 0 amide bonds. The van der Waals surface area contributed by atoms with Gasteiger partial charge in [-0.3, -0.25) is 4.98 Å². The van der Waals surface area contributed by atoms with E-state index in [2.05, 4.69) is 24.0 Å². The van der Waals surface area contributed by atoms with Crippen LogP contribution in [0.2, 0.25) is 0 Å². The van der Waals surface area contributed by atoms with Gasteiger partial charge in [0.05, 0.1) is 6.10 Å². The molecule has 15 heavy (non-hydrogen) atoms. The van der Waals surface area contributed by atoms with Gasteiger partial charge in [0.25, 0.3) is 0 Å². The van der Waals surface area contributed by atoms with Gasteiger partial charge in [-0.05, 0) is 25.0 Å². The van der Waals surface area contributed by atoms with Crippen molar-refractivity contribution in [2.75, 3.05) is 13.9 Å². The molecule has 84 valence electrons. The predicted molar refractivity (Wildman–Crippen MR) is 59.6 cm³/mol. The molecule has 0 saturated carbocycles. The predicted octanol–water partition coefficient (Wildman–Crippen LogP) is 2.72. The molecule has 0 aromatic carbocycles. The summed E-state index contributed by atoms with van der Waals surface area (Å²) in [4.78, 5) is 4.38. The Morgan fingerprint density at radius 3 is 2.73 bits per heavy atom. The van der Waals surface area contributed by atoms with Crippen LogP contribution in [-0.2, 0) is 15.9 Å². The standard InChI is InChI=1S/C12H19NO2/c1-4-5-12-7-6-11(8-13-12)10(2)15-9-14-3/h6-8,10H,4-5,9H2,1-3H3. The molecule has 0 spiro atoms. The molecule has 0 fully saturated rings. The molecule has 3 nitrogen and oxygen atoms in total. The fourth-order valence-electron chi connectivity index (χ4n) is 1.35. The maximum absolute atomic E-state index is 5.41. The lowest BCUT2D eigenvalue weighted by Gasteiger charge is -2.12. The highest BCUT2D eigenvalue weighted by molar-refractivity contribution is 5.16. The second-order valence-electron chi connectivity index (χ2n) is 3.55. The Labute approximate surface area is 91.4 Å². The van der Waals surface area contributed by atoms with Crippen molar-refractivity contribution in [3.63, 3.8) is 0 Å². The molecule has 0 aliphatic heterocycles. The number of ether oxygens (including phenoxy) is 2. The fraction of sp³-hybridized carbons (Fsp3) is 0.583. The first-order valence-corrected chi connectivity index (χ1v) is 5.33. The minimum atomic E-state index is 0.0353. The third-order valence-electron chi connectivity index (χ3n) is 2.26. The molecule has 0 saturated heterocycles. The summed E-state index contributed by atoms with van der Waals surface area (Å²) in [5, 5.41) is 0. The quantitative estimate of drug-likeness (QED) is 0.675. The maximum Gasteiger partial charge on any atom is 0.147 e. The average molecular weight is 209 g/mol. The normalized spacial score (nSPS) is 12.7. The number of pyridine rings is 1. The van der Waals surface area contributed by atoms with Gasteiger partial charge < -0.3 is 9.47 Å². The molecule has 1 aromatic heterocycles. The van der Waals surface area contributed by atoms with E-state index in [9.17, 15) is 0 Å². The number of rotatable bonds is 6. The van der Waals surface area contributed by atoms with E-state index in [1.165, 1.54) is 0 Å². The first-order valence-electron chi connectivity index (χ1n) is 5.33. The molecule has 1 atom stereocenters. The van der Waals surface area contributed by atoms with Crippen molar-refractivity contribution in [2.45, 2.75) is 32.8 Å². The van der Waals surface area contributed by atoms with E-state index >= 15 is 0 Å². The van der Waals surface area contributed by atoms with Gasteiger partial charge in [-0.15, -0.1) is 0 Å². The van der Waals surface area contributed by atoms with E-state index in [-0.39, 0.29) is 6.10 Å². The van der Waals surface area contributed by atoms with E-state index in [1.807, 2.05) is 13.1 Å². The van der Waals surface area contributed by atoms with Gasteiger partial charge in [-0.2, -0.15) is 0 Å². The number of aromatic nitrogens is 1. The van der Waals surface area contributed by atoms with Crippen LogP contribution in [0.1, 0.15) is 37.6 Å². The summed E-state index contributed by atoms with van der Waals surface area (Å²) in [7, 11) is 1.62. The Balaban J connectivity index is 2.54. The lowest BCUT2D eigenvalue weighted by Crippen LogP contribution is -2.03. The maximum atomic E-state index is 5.41. The summed E-state index contributed by atoms with van der Waals surface area (Å²) >= 11 is 0. The van der Waals surface area contributed by atoms with Crippen LogP contribution in [-0.4, -0.2) is 18.9 Å². The van der Waals surface area contributed by atoms with Gasteiger partial charge in [-0.1, -0.05) is 19.4 Å². The number of hydrogen-bond acceptors (Lipinski definition) is 3. The van der Waals surface area contributed by atoms with Gasteiger partial charge in [0.2, 0.25) is 0 Å². The van der Waals surface area contributed by atoms with Crippen LogP contribution in [0.25, 0.3) is 0 Å². The molecule has 1 heterocycles. The van der Waals surface area contributed by atoms with Crippen LogP contribution < -0.4 is 0 Å².